The molecule has 3 aromatic heterocycles. The van der Waals surface area contributed by atoms with Crippen molar-refractivity contribution in [3.05, 3.63) is 30.6 Å². The Labute approximate surface area is 160 Å². The van der Waals surface area contributed by atoms with Crippen LogP contribution >= 0.6 is 0 Å². The smallest absolute Gasteiger partial charge is 0.224 e. The number of fused-ring (bicyclic) bond motifs is 2. The molecule has 1 saturated heterocycles. The summed E-state index contributed by atoms with van der Waals surface area (Å²) in [6.07, 6.45) is 5.12. The minimum absolute atomic E-state index is 0.161. The summed E-state index contributed by atoms with van der Waals surface area (Å²) in [6, 6.07) is 6.22. The molecule has 5 rings (SSSR count). The van der Waals surface area contributed by atoms with Crippen molar-refractivity contribution < 1.29 is 4.79 Å². The fourth-order valence-corrected chi connectivity index (χ4v) is 3.73. The molecule has 1 aromatic carbocycles. The number of carbonyl (C=O) groups excluding carboxylic acids is 1. The standard InChI is InChI=1S/C19H20N8O/c1-26-10-12(4-6-17(26)28)22-19-21-9-14-13(8-20-18(14)23-19)11-3-5-15-16(7-11)27(2)25-24-15/h3,5,7-9,12H,4,6,10H2,1-2H3,(H2,20,21,22,23)/t12-/m1/s1. The van der Waals surface area contributed by atoms with Crippen molar-refractivity contribution in [2.24, 2.45) is 7.05 Å². The molecule has 1 fully saturated rings. The number of aryl methyl sites for hydroxylation is 1. The molecule has 1 aliphatic heterocycles. The summed E-state index contributed by atoms with van der Waals surface area (Å²) in [5.74, 6) is 0.754. The monoisotopic (exact) mass is 376 g/mol. The topological polar surface area (TPSA) is 105 Å². The number of nitrogens with one attached hydrogen (secondary N) is 2. The number of rotatable bonds is 3. The second-order valence-electron chi connectivity index (χ2n) is 7.23. The lowest BCUT2D eigenvalue weighted by Crippen LogP contribution is -2.43. The Balaban J connectivity index is 1.44. The minimum atomic E-state index is 0.161. The number of hydrogen-bond acceptors (Lipinski definition) is 6. The van der Waals surface area contributed by atoms with E-state index in [-0.39, 0.29) is 11.9 Å². The third-order valence-electron chi connectivity index (χ3n) is 5.31. The van der Waals surface area contributed by atoms with E-state index < -0.39 is 0 Å². The van der Waals surface area contributed by atoms with E-state index in [4.69, 9.17) is 0 Å². The Hall–Kier alpha value is -3.49. The first-order valence-corrected chi connectivity index (χ1v) is 9.23. The van der Waals surface area contributed by atoms with Crippen molar-refractivity contribution in [2.75, 3.05) is 18.9 Å². The predicted octanol–water partition coefficient (Wildman–Crippen LogP) is 1.94. The number of piperidine rings is 1. The second kappa shape index (κ2) is 6.29. The van der Waals surface area contributed by atoms with Gasteiger partial charge in [0.1, 0.15) is 11.2 Å². The van der Waals surface area contributed by atoms with Gasteiger partial charge >= 0.3 is 0 Å². The van der Waals surface area contributed by atoms with E-state index in [1.807, 2.05) is 38.6 Å². The van der Waals surface area contributed by atoms with Crippen LogP contribution in [0, 0.1) is 0 Å². The number of anilines is 1. The molecular formula is C19H20N8O. The molecule has 0 unspecified atom stereocenters. The number of benzene rings is 1. The number of likely N-dealkylation sites (tertiary alicyclic amines) is 1. The maximum atomic E-state index is 11.6. The van der Waals surface area contributed by atoms with Crippen molar-refractivity contribution in [1.29, 1.82) is 0 Å². The number of amides is 1. The van der Waals surface area contributed by atoms with Gasteiger partial charge in [-0.15, -0.1) is 5.10 Å². The lowest BCUT2D eigenvalue weighted by atomic mass is 10.1. The zero-order chi connectivity index (χ0) is 19.3. The molecular weight excluding hydrogens is 356 g/mol. The molecule has 0 radical (unpaired) electrons. The van der Waals surface area contributed by atoms with E-state index in [2.05, 4.69) is 36.6 Å². The highest BCUT2D eigenvalue weighted by molar-refractivity contribution is 5.95. The van der Waals surface area contributed by atoms with Crippen molar-refractivity contribution in [3.8, 4) is 11.1 Å². The van der Waals surface area contributed by atoms with Gasteiger partial charge in [0.05, 0.1) is 5.52 Å². The van der Waals surface area contributed by atoms with Crippen LogP contribution in [-0.4, -0.2) is 60.4 Å². The third-order valence-corrected chi connectivity index (χ3v) is 5.31. The molecule has 28 heavy (non-hydrogen) atoms. The number of carbonyl (C=O) groups is 1. The average molecular weight is 376 g/mol. The molecule has 142 valence electrons. The summed E-state index contributed by atoms with van der Waals surface area (Å²) in [7, 11) is 3.71. The van der Waals surface area contributed by atoms with Gasteiger partial charge in [-0.25, -0.2) is 9.67 Å². The van der Waals surface area contributed by atoms with Crippen molar-refractivity contribution in [1.82, 2.24) is 34.8 Å². The van der Waals surface area contributed by atoms with Crippen LogP contribution in [0.4, 0.5) is 5.95 Å². The molecule has 1 aliphatic rings. The second-order valence-corrected chi connectivity index (χ2v) is 7.23. The molecule has 1 atom stereocenters. The normalized spacial score (nSPS) is 17.6. The SMILES string of the molecule is CN1C[C@H](Nc2ncc3c(-c4ccc5nnn(C)c5c4)c[nH]c3n2)CCC1=O. The molecule has 0 saturated carbocycles. The van der Waals surface area contributed by atoms with Gasteiger partial charge in [0, 0.05) is 56.4 Å². The van der Waals surface area contributed by atoms with Crippen LogP contribution in [-0.2, 0) is 11.8 Å². The first-order chi connectivity index (χ1) is 13.6. The summed E-state index contributed by atoms with van der Waals surface area (Å²) in [5.41, 5.74) is 4.70. The number of H-pyrrole nitrogens is 1. The summed E-state index contributed by atoms with van der Waals surface area (Å²) in [5, 5.41) is 12.5. The largest absolute Gasteiger partial charge is 0.350 e. The Morgan fingerprint density at radius 1 is 1.29 bits per heavy atom. The van der Waals surface area contributed by atoms with E-state index in [0.29, 0.717) is 18.9 Å². The maximum Gasteiger partial charge on any atom is 0.224 e. The van der Waals surface area contributed by atoms with Gasteiger partial charge in [-0.05, 0) is 24.1 Å². The Kier molecular flexibility index (Phi) is 3.75. The first-order valence-electron chi connectivity index (χ1n) is 9.23. The van der Waals surface area contributed by atoms with Gasteiger partial charge in [-0.1, -0.05) is 11.3 Å². The Morgan fingerprint density at radius 2 is 2.18 bits per heavy atom. The van der Waals surface area contributed by atoms with Crippen LogP contribution in [0.15, 0.2) is 30.6 Å². The zero-order valence-corrected chi connectivity index (χ0v) is 15.7. The molecule has 2 N–H and O–H groups in total. The lowest BCUT2D eigenvalue weighted by molar-refractivity contribution is -0.132. The minimum Gasteiger partial charge on any atom is -0.350 e. The quantitative estimate of drug-likeness (QED) is 0.566. The number of hydrogen-bond donors (Lipinski definition) is 2. The highest BCUT2D eigenvalue weighted by Gasteiger charge is 2.23. The van der Waals surface area contributed by atoms with Crippen LogP contribution in [0.1, 0.15) is 12.8 Å². The fourth-order valence-electron chi connectivity index (χ4n) is 3.73. The molecule has 0 bridgehead atoms. The number of aromatic amines is 1. The van der Waals surface area contributed by atoms with Crippen molar-refractivity contribution >= 4 is 33.9 Å². The molecule has 9 nitrogen and oxygen atoms in total. The number of likely N-dealkylation sites (N-methyl/N-ethyl adjacent to an activating group) is 1. The molecule has 4 aromatic rings. The van der Waals surface area contributed by atoms with Gasteiger partial charge in [-0.3, -0.25) is 4.79 Å². The highest BCUT2D eigenvalue weighted by Crippen LogP contribution is 2.29. The molecule has 0 aliphatic carbocycles. The van der Waals surface area contributed by atoms with Crippen LogP contribution < -0.4 is 5.32 Å². The zero-order valence-electron chi connectivity index (χ0n) is 15.7. The van der Waals surface area contributed by atoms with Crippen LogP contribution in [0.5, 0.6) is 0 Å². The molecule has 1 amide bonds. The predicted molar refractivity (Wildman–Crippen MR) is 106 cm³/mol. The lowest BCUT2D eigenvalue weighted by Gasteiger charge is -2.30. The molecule has 4 heterocycles. The average Bonchev–Trinajstić information content (AvgIpc) is 3.28. The summed E-state index contributed by atoms with van der Waals surface area (Å²) in [6.45, 7) is 0.662. The summed E-state index contributed by atoms with van der Waals surface area (Å²) in [4.78, 5) is 25.7. The number of nitrogens with zero attached hydrogens (tertiary/aromatic N) is 6. The summed E-state index contributed by atoms with van der Waals surface area (Å²) < 4.78 is 1.76. The van der Waals surface area contributed by atoms with Gasteiger partial charge in [-0.2, -0.15) is 4.98 Å². The molecule has 0 spiro atoms. The highest BCUT2D eigenvalue weighted by atomic mass is 16.2. The first kappa shape index (κ1) is 16.7. The van der Waals surface area contributed by atoms with E-state index in [1.54, 1.807) is 9.58 Å². The summed E-state index contributed by atoms with van der Waals surface area (Å²) >= 11 is 0. The number of aromatic nitrogens is 6. The Morgan fingerprint density at radius 3 is 3.04 bits per heavy atom. The maximum absolute atomic E-state index is 11.6. The van der Waals surface area contributed by atoms with E-state index >= 15 is 0 Å². The van der Waals surface area contributed by atoms with Crippen LogP contribution in [0.25, 0.3) is 33.2 Å². The fraction of sp³-hybridized carbons (Fsp3) is 0.316. The third kappa shape index (κ3) is 2.75. The van der Waals surface area contributed by atoms with Crippen molar-refractivity contribution in [2.45, 2.75) is 18.9 Å². The van der Waals surface area contributed by atoms with Crippen LogP contribution in [0.3, 0.4) is 0 Å². The van der Waals surface area contributed by atoms with Gasteiger partial charge in [0.2, 0.25) is 11.9 Å². The van der Waals surface area contributed by atoms with Crippen molar-refractivity contribution in [3.63, 3.8) is 0 Å². The Bertz CT molecular complexity index is 1190. The van der Waals surface area contributed by atoms with Crippen LogP contribution in [0.2, 0.25) is 0 Å². The van der Waals surface area contributed by atoms with E-state index in [9.17, 15) is 4.79 Å². The van der Waals surface area contributed by atoms with E-state index in [0.717, 1.165) is 39.6 Å². The molecule has 9 heteroatoms. The van der Waals surface area contributed by atoms with Gasteiger partial charge < -0.3 is 15.2 Å². The van der Waals surface area contributed by atoms with Gasteiger partial charge in [0.15, 0.2) is 0 Å². The van der Waals surface area contributed by atoms with E-state index in [1.165, 1.54) is 0 Å². The van der Waals surface area contributed by atoms with Gasteiger partial charge in [0.25, 0.3) is 0 Å².